The van der Waals surface area contributed by atoms with Crippen LogP contribution in [0.4, 0.5) is 0 Å². The Morgan fingerprint density at radius 1 is 1.62 bits per heavy atom. The van der Waals surface area contributed by atoms with Gasteiger partial charge in [-0.2, -0.15) is 5.10 Å². The number of nitrogens with one attached hydrogen (secondary N) is 1. The number of aromatic amines is 1. The third-order valence-electron chi connectivity index (χ3n) is 3.02. The molecular weight excluding hydrogens is 230 g/mol. The molecule has 0 aliphatic carbocycles. The monoisotopic (exact) mass is 245 g/mol. The molecule has 1 aliphatic rings. The molecule has 90 valence electrons. The number of hydrogen-bond donors (Lipinski definition) is 3. The molecular formula is C10H16ClN3O2. The van der Waals surface area contributed by atoms with E-state index in [1.54, 1.807) is 0 Å². The topological polar surface area (TPSA) is 72.4 Å². The largest absolute Gasteiger partial charge is 0.393 e. The molecule has 0 spiro atoms. The van der Waals surface area contributed by atoms with Gasteiger partial charge in [0.05, 0.1) is 23.0 Å². The maximum atomic E-state index is 9.87. The quantitative estimate of drug-likeness (QED) is 0.716. The lowest BCUT2D eigenvalue weighted by Crippen LogP contribution is -2.36. The molecule has 0 unspecified atom stereocenters. The zero-order valence-corrected chi connectivity index (χ0v) is 9.96. The Bertz CT molecular complexity index is 382. The van der Waals surface area contributed by atoms with Crippen molar-refractivity contribution >= 4 is 11.6 Å². The van der Waals surface area contributed by atoms with Gasteiger partial charge in [-0.1, -0.05) is 11.6 Å². The predicted molar refractivity (Wildman–Crippen MR) is 60.3 cm³/mol. The van der Waals surface area contributed by atoms with Crippen molar-refractivity contribution in [1.82, 2.24) is 15.1 Å². The molecule has 2 rings (SSSR count). The number of likely N-dealkylation sites (tertiary alicyclic amines) is 1. The van der Waals surface area contributed by atoms with Crippen LogP contribution in [0.15, 0.2) is 0 Å². The Balaban J connectivity index is 2.00. The van der Waals surface area contributed by atoms with Crippen LogP contribution in [-0.4, -0.2) is 50.6 Å². The molecule has 0 saturated carbocycles. The highest BCUT2D eigenvalue weighted by Gasteiger charge is 2.35. The van der Waals surface area contributed by atoms with Crippen molar-refractivity contribution in [3.63, 3.8) is 0 Å². The van der Waals surface area contributed by atoms with Crippen LogP contribution in [0, 0.1) is 6.92 Å². The third kappa shape index (κ3) is 2.22. The normalized spacial score (nSPS) is 26.5. The van der Waals surface area contributed by atoms with E-state index in [0.29, 0.717) is 24.5 Å². The van der Waals surface area contributed by atoms with Gasteiger partial charge >= 0.3 is 0 Å². The van der Waals surface area contributed by atoms with E-state index in [1.165, 1.54) is 0 Å². The van der Waals surface area contributed by atoms with Crippen molar-refractivity contribution in [2.45, 2.75) is 25.5 Å². The molecule has 1 atom stereocenters. The van der Waals surface area contributed by atoms with Gasteiger partial charge in [0.1, 0.15) is 5.60 Å². The third-order valence-corrected chi connectivity index (χ3v) is 3.52. The predicted octanol–water partition coefficient (Wildman–Crippen LogP) is 0.301. The second kappa shape index (κ2) is 4.33. The van der Waals surface area contributed by atoms with E-state index < -0.39 is 5.60 Å². The van der Waals surface area contributed by atoms with Gasteiger partial charge in [-0.15, -0.1) is 0 Å². The number of aliphatic hydroxyl groups excluding tert-OH is 1. The van der Waals surface area contributed by atoms with Crippen LogP contribution in [0.2, 0.25) is 5.02 Å². The van der Waals surface area contributed by atoms with Gasteiger partial charge in [0.25, 0.3) is 0 Å². The first-order valence-corrected chi connectivity index (χ1v) is 5.67. The summed E-state index contributed by atoms with van der Waals surface area (Å²) in [5, 5.41) is 26.5. The lowest BCUT2D eigenvalue weighted by Gasteiger charge is -2.20. The molecule has 1 aromatic rings. The standard InChI is InChI=1S/C10H16ClN3O2/c1-7-9(11)8(13-12-7)4-14-3-2-10(16,5-14)6-15/h15-16H,2-6H2,1H3,(H,12,13)/t10-/m0/s1. The average molecular weight is 246 g/mol. The lowest BCUT2D eigenvalue weighted by atomic mass is 10.1. The van der Waals surface area contributed by atoms with Crippen molar-refractivity contribution in [3.05, 3.63) is 16.4 Å². The maximum Gasteiger partial charge on any atom is 0.102 e. The fourth-order valence-electron chi connectivity index (χ4n) is 1.99. The molecule has 1 aliphatic heterocycles. The Kier molecular flexibility index (Phi) is 3.21. The summed E-state index contributed by atoms with van der Waals surface area (Å²) in [5.41, 5.74) is 0.687. The zero-order valence-electron chi connectivity index (χ0n) is 9.20. The Labute approximate surface area is 99.0 Å². The molecule has 1 fully saturated rings. The number of aliphatic hydroxyl groups is 2. The molecule has 0 bridgehead atoms. The summed E-state index contributed by atoms with van der Waals surface area (Å²) in [6, 6.07) is 0. The van der Waals surface area contributed by atoms with Crippen LogP contribution >= 0.6 is 11.6 Å². The van der Waals surface area contributed by atoms with Crippen LogP contribution in [0.3, 0.4) is 0 Å². The van der Waals surface area contributed by atoms with Crippen LogP contribution in [0.25, 0.3) is 0 Å². The van der Waals surface area contributed by atoms with Gasteiger partial charge in [-0.25, -0.2) is 0 Å². The molecule has 6 heteroatoms. The van der Waals surface area contributed by atoms with Crippen molar-refractivity contribution in [1.29, 1.82) is 0 Å². The van der Waals surface area contributed by atoms with Crippen molar-refractivity contribution in [3.8, 4) is 0 Å². The number of β-amino-alcohol motifs (C(OH)–C–C–N with tert-alkyl or cyclic N) is 1. The molecule has 16 heavy (non-hydrogen) atoms. The second-order valence-corrected chi connectivity index (χ2v) is 4.83. The highest BCUT2D eigenvalue weighted by atomic mass is 35.5. The minimum Gasteiger partial charge on any atom is -0.393 e. The fraction of sp³-hybridized carbons (Fsp3) is 0.700. The summed E-state index contributed by atoms with van der Waals surface area (Å²) in [6.45, 7) is 3.49. The SMILES string of the molecule is Cc1[nH]nc(CN2CC[C@@](O)(CO)C2)c1Cl. The van der Waals surface area contributed by atoms with Gasteiger partial charge in [0.2, 0.25) is 0 Å². The number of halogens is 1. The van der Waals surface area contributed by atoms with E-state index in [9.17, 15) is 5.11 Å². The number of H-pyrrole nitrogens is 1. The second-order valence-electron chi connectivity index (χ2n) is 4.45. The smallest absolute Gasteiger partial charge is 0.102 e. The van der Waals surface area contributed by atoms with Crippen molar-refractivity contribution in [2.75, 3.05) is 19.7 Å². The van der Waals surface area contributed by atoms with Crippen LogP contribution in [0.1, 0.15) is 17.8 Å². The van der Waals surface area contributed by atoms with Crippen LogP contribution in [0.5, 0.6) is 0 Å². The number of aryl methyl sites for hydroxylation is 1. The molecule has 1 saturated heterocycles. The zero-order chi connectivity index (χ0) is 11.8. The average Bonchev–Trinajstić information content (AvgIpc) is 2.78. The van der Waals surface area contributed by atoms with Gasteiger partial charge in [0, 0.05) is 19.6 Å². The van der Waals surface area contributed by atoms with E-state index in [2.05, 4.69) is 10.2 Å². The first-order valence-electron chi connectivity index (χ1n) is 5.29. The Morgan fingerprint density at radius 2 is 2.38 bits per heavy atom. The maximum absolute atomic E-state index is 9.87. The number of aromatic nitrogens is 2. The van der Waals surface area contributed by atoms with Crippen molar-refractivity contribution < 1.29 is 10.2 Å². The summed E-state index contributed by atoms with van der Waals surface area (Å²) in [7, 11) is 0. The molecule has 1 aromatic heterocycles. The summed E-state index contributed by atoms with van der Waals surface area (Å²) < 4.78 is 0. The summed E-state index contributed by atoms with van der Waals surface area (Å²) in [4.78, 5) is 2.04. The van der Waals surface area contributed by atoms with E-state index in [1.807, 2.05) is 11.8 Å². The fourth-order valence-corrected chi connectivity index (χ4v) is 2.13. The number of hydrogen-bond acceptors (Lipinski definition) is 4. The van der Waals surface area contributed by atoms with Crippen LogP contribution in [-0.2, 0) is 6.54 Å². The Hall–Kier alpha value is -0.620. The van der Waals surface area contributed by atoms with Gasteiger partial charge in [0.15, 0.2) is 0 Å². The van der Waals surface area contributed by atoms with Gasteiger partial charge in [-0.05, 0) is 13.3 Å². The number of nitrogens with zero attached hydrogens (tertiary/aromatic N) is 2. The van der Waals surface area contributed by atoms with E-state index in [0.717, 1.165) is 17.9 Å². The highest BCUT2D eigenvalue weighted by Crippen LogP contribution is 2.24. The minimum atomic E-state index is -0.960. The van der Waals surface area contributed by atoms with Crippen LogP contribution < -0.4 is 0 Å². The number of rotatable bonds is 3. The molecule has 0 radical (unpaired) electrons. The first kappa shape index (κ1) is 11.9. The highest BCUT2D eigenvalue weighted by molar-refractivity contribution is 6.31. The molecule has 0 aromatic carbocycles. The lowest BCUT2D eigenvalue weighted by molar-refractivity contribution is -0.00587. The minimum absolute atomic E-state index is 0.198. The molecule has 3 N–H and O–H groups in total. The van der Waals surface area contributed by atoms with E-state index >= 15 is 0 Å². The molecule has 2 heterocycles. The molecule has 0 amide bonds. The summed E-state index contributed by atoms with van der Waals surface area (Å²) in [6.07, 6.45) is 0.588. The summed E-state index contributed by atoms with van der Waals surface area (Å²) >= 11 is 6.06. The summed E-state index contributed by atoms with van der Waals surface area (Å²) in [5.74, 6) is 0. The van der Waals surface area contributed by atoms with Gasteiger partial charge < -0.3 is 10.2 Å². The van der Waals surface area contributed by atoms with Crippen molar-refractivity contribution in [2.24, 2.45) is 0 Å². The Morgan fingerprint density at radius 3 is 2.88 bits per heavy atom. The molecule has 5 nitrogen and oxygen atoms in total. The van der Waals surface area contributed by atoms with Gasteiger partial charge in [-0.3, -0.25) is 10.00 Å². The first-order chi connectivity index (χ1) is 7.54. The van der Waals surface area contributed by atoms with E-state index in [4.69, 9.17) is 16.7 Å². The van der Waals surface area contributed by atoms with E-state index in [-0.39, 0.29) is 6.61 Å².